The lowest BCUT2D eigenvalue weighted by Gasteiger charge is -2.04. The maximum absolute atomic E-state index is 3.61. The Morgan fingerprint density at radius 1 is 1.00 bits per heavy atom. The smallest absolute Gasteiger partial charge is 0.0242 e. The largest absolute Gasteiger partial charge is 0.0916 e. The van der Waals surface area contributed by atoms with E-state index in [9.17, 15) is 0 Å². The van der Waals surface area contributed by atoms with Gasteiger partial charge in [-0.25, -0.2) is 0 Å². The molecule has 0 N–H and O–H groups in total. The number of unbranched alkanes of at least 4 members (excludes halogenated alkanes) is 5. The first-order chi connectivity index (χ1) is 5.81. The van der Waals surface area contributed by atoms with E-state index in [0.29, 0.717) is 4.83 Å². The zero-order valence-corrected chi connectivity index (χ0v) is 11.2. The standard InChI is InChI=1S/C10H20Br2/c1-2-3-4-5-6-7-8-10(12)9-11/h10H,2-9H2,1H3. The van der Waals surface area contributed by atoms with Gasteiger partial charge in [-0.3, -0.25) is 0 Å². The average Bonchev–Trinajstić information content (AvgIpc) is 2.10. The van der Waals surface area contributed by atoms with Crippen LogP contribution in [-0.4, -0.2) is 10.2 Å². The third-order valence-corrected chi connectivity index (χ3v) is 4.47. The van der Waals surface area contributed by atoms with Gasteiger partial charge >= 0.3 is 0 Å². The van der Waals surface area contributed by atoms with Crippen LogP contribution in [0.15, 0.2) is 0 Å². The van der Waals surface area contributed by atoms with Gasteiger partial charge in [0.1, 0.15) is 0 Å². The van der Waals surface area contributed by atoms with Crippen LogP contribution in [0.25, 0.3) is 0 Å². The first kappa shape index (κ1) is 13.0. The molecule has 2 heteroatoms. The zero-order chi connectivity index (χ0) is 9.23. The zero-order valence-electron chi connectivity index (χ0n) is 7.99. The van der Waals surface area contributed by atoms with Gasteiger partial charge in [-0.05, 0) is 6.42 Å². The molecule has 1 atom stereocenters. The molecule has 0 aromatic carbocycles. The molecule has 1 unspecified atom stereocenters. The topological polar surface area (TPSA) is 0 Å². The van der Waals surface area contributed by atoms with E-state index >= 15 is 0 Å². The molecule has 12 heavy (non-hydrogen) atoms. The molecule has 0 saturated carbocycles. The fraction of sp³-hybridized carbons (Fsp3) is 1.00. The van der Waals surface area contributed by atoms with Gasteiger partial charge in [0.2, 0.25) is 0 Å². The number of rotatable bonds is 8. The predicted octanol–water partition coefficient (Wildman–Crippen LogP) is 4.90. The Bertz CT molecular complexity index is 83.9. The Labute approximate surface area is 93.8 Å². The van der Waals surface area contributed by atoms with Crippen LogP contribution in [0.4, 0.5) is 0 Å². The van der Waals surface area contributed by atoms with E-state index in [4.69, 9.17) is 0 Å². The van der Waals surface area contributed by atoms with Crippen molar-refractivity contribution < 1.29 is 0 Å². The fourth-order valence-corrected chi connectivity index (χ4v) is 1.87. The molecule has 0 rings (SSSR count). The van der Waals surface area contributed by atoms with Gasteiger partial charge in [0.05, 0.1) is 0 Å². The minimum absolute atomic E-state index is 0.684. The van der Waals surface area contributed by atoms with Crippen molar-refractivity contribution in [1.82, 2.24) is 0 Å². The van der Waals surface area contributed by atoms with Gasteiger partial charge in [-0.15, -0.1) is 0 Å². The molecule has 0 fully saturated rings. The lowest BCUT2D eigenvalue weighted by Crippen LogP contribution is -1.97. The first-order valence-corrected chi connectivity index (χ1v) is 7.05. The van der Waals surface area contributed by atoms with Gasteiger partial charge in [0, 0.05) is 10.2 Å². The van der Waals surface area contributed by atoms with E-state index in [0.717, 1.165) is 5.33 Å². The number of hydrogen-bond acceptors (Lipinski definition) is 0. The maximum atomic E-state index is 3.61. The van der Waals surface area contributed by atoms with Crippen LogP contribution in [0.1, 0.15) is 51.9 Å². The highest BCUT2D eigenvalue weighted by molar-refractivity contribution is 9.12. The van der Waals surface area contributed by atoms with Crippen molar-refractivity contribution in [2.24, 2.45) is 0 Å². The highest BCUT2D eigenvalue weighted by Crippen LogP contribution is 2.14. The Hall–Kier alpha value is 0.960. The first-order valence-electron chi connectivity index (χ1n) is 5.01. The molecule has 0 bridgehead atoms. The molecule has 0 spiro atoms. The molecule has 0 aromatic rings. The minimum atomic E-state index is 0.684. The Morgan fingerprint density at radius 3 is 2.17 bits per heavy atom. The quantitative estimate of drug-likeness (QED) is 0.442. The van der Waals surface area contributed by atoms with Crippen LogP contribution < -0.4 is 0 Å². The van der Waals surface area contributed by atoms with Gasteiger partial charge in [0.25, 0.3) is 0 Å². The summed E-state index contributed by atoms with van der Waals surface area (Å²) < 4.78 is 0. The van der Waals surface area contributed by atoms with Crippen LogP contribution >= 0.6 is 31.9 Å². The molecule has 0 aliphatic carbocycles. The van der Waals surface area contributed by atoms with Gasteiger partial charge < -0.3 is 0 Å². The van der Waals surface area contributed by atoms with Crippen molar-refractivity contribution >= 4 is 31.9 Å². The second kappa shape index (κ2) is 10.0. The molecule has 0 amide bonds. The molecule has 0 aliphatic heterocycles. The molecular weight excluding hydrogens is 280 g/mol. The molecular formula is C10H20Br2. The SMILES string of the molecule is CCCCCCCCC(Br)CBr. The Kier molecular flexibility index (Phi) is 10.8. The summed E-state index contributed by atoms with van der Waals surface area (Å²) in [5.41, 5.74) is 0. The van der Waals surface area contributed by atoms with Crippen molar-refractivity contribution in [3.63, 3.8) is 0 Å². The van der Waals surface area contributed by atoms with Gasteiger partial charge in [0.15, 0.2) is 0 Å². The second-order valence-electron chi connectivity index (χ2n) is 3.31. The van der Waals surface area contributed by atoms with Crippen LogP contribution in [-0.2, 0) is 0 Å². The van der Waals surface area contributed by atoms with E-state index < -0.39 is 0 Å². The summed E-state index contributed by atoms with van der Waals surface area (Å²) in [5.74, 6) is 0. The molecule has 0 heterocycles. The average molecular weight is 300 g/mol. The van der Waals surface area contributed by atoms with E-state index in [-0.39, 0.29) is 0 Å². The third kappa shape index (κ3) is 9.05. The summed E-state index contributed by atoms with van der Waals surface area (Å²) in [6.45, 7) is 2.26. The normalized spacial score (nSPS) is 13.2. The Morgan fingerprint density at radius 2 is 1.58 bits per heavy atom. The van der Waals surface area contributed by atoms with Crippen LogP contribution in [0.3, 0.4) is 0 Å². The lowest BCUT2D eigenvalue weighted by molar-refractivity contribution is 0.591. The third-order valence-electron chi connectivity index (χ3n) is 2.04. The Balaban J connectivity index is 2.90. The van der Waals surface area contributed by atoms with Gasteiger partial charge in [-0.1, -0.05) is 77.3 Å². The van der Waals surface area contributed by atoms with Crippen molar-refractivity contribution in [1.29, 1.82) is 0 Å². The van der Waals surface area contributed by atoms with Crippen LogP contribution in [0.2, 0.25) is 0 Å². The summed E-state index contributed by atoms with van der Waals surface area (Å²) >= 11 is 7.07. The fourth-order valence-electron chi connectivity index (χ4n) is 1.22. The van der Waals surface area contributed by atoms with Crippen LogP contribution in [0.5, 0.6) is 0 Å². The van der Waals surface area contributed by atoms with Crippen molar-refractivity contribution in [2.45, 2.75) is 56.7 Å². The summed E-state index contributed by atoms with van der Waals surface area (Å²) in [6.07, 6.45) is 9.73. The summed E-state index contributed by atoms with van der Waals surface area (Å²) in [4.78, 5) is 0.684. The molecule has 74 valence electrons. The number of hydrogen-bond donors (Lipinski definition) is 0. The van der Waals surface area contributed by atoms with Crippen molar-refractivity contribution in [2.75, 3.05) is 5.33 Å². The molecule has 0 aromatic heterocycles. The second-order valence-corrected chi connectivity index (χ2v) is 5.25. The van der Waals surface area contributed by atoms with Crippen molar-refractivity contribution in [3.8, 4) is 0 Å². The van der Waals surface area contributed by atoms with Gasteiger partial charge in [-0.2, -0.15) is 0 Å². The maximum Gasteiger partial charge on any atom is 0.0242 e. The number of alkyl halides is 2. The molecule has 0 aliphatic rings. The molecule has 0 radical (unpaired) electrons. The van der Waals surface area contributed by atoms with E-state index in [1.54, 1.807) is 0 Å². The monoisotopic (exact) mass is 298 g/mol. The van der Waals surface area contributed by atoms with Crippen LogP contribution in [0, 0.1) is 0 Å². The van der Waals surface area contributed by atoms with E-state index in [2.05, 4.69) is 38.8 Å². The van der Waals surface area contributed by atoms with E-state index in [1.807, 2.05) is 0 Å². The van der Waals surface area contributed by atoms with Crippen molar-refractivity contribution in [3.05, 3.63) is 0 Å². The molecule has 0 nitrogen and oxygen atoms in total. The minimum Gasteiger partial charge on any atom is -0.0916 e. The highest BCUT2D eigenvalue weighted by Gasteiger charge is 1.99. The highest BCUT2D eigenvalue weighted by atomic mass is 79.9. The predicted molar refractivity (Wildman–Crippen MR) is 64.5 cm³/mol. The summed E-state index contributed by atoms with van der Waals surface area (Å²) in [6, 6.07) is 0. The molecule has 0 saturated heterocycles. The lowest BCUT2D eigenvalue weighted by atomic mass is 10.1. The summed E-state index contributed by atoms with van der Waals surface area (Å²) in [7, 11) is 0. The van der Waals surface area contributed by atoms with E-state index in [1.165, 1.54) is 44.9 Å². The number of halogens is 2. The summed E-state index contributed by atoms with van der Waals surface area (Å²) in [5, 5.41) is 1.09.